The lowest BCUT2D eigenvalue weighted by Gasteiger charge is -2.32. The molecule has 150 valence electrons. The number of carbonyl (C=O) groups is 1. The van der Waals surface area contributed by atoms with E-state index in [0.717, 1.165) is 39.1 Å². The van der Waals surface area contributed by atoms with Crippen LogP contribution in [0, 0.1) is 13.8 Å². The van der Waals surface area contributed by atoms with Crippen LogP contribution in [-0.4, -0.2) is 48.9 Å². The number of nitrogens with one attached hydrogen (secondary N) is 1. The fourth-order valence-electron chi connectivity index (χ4n) is 3.77. The molecule has 2 aromatic carbocycles. The highest BCUT2D eigenvalue weighted by Crippen LogP contribution is 2.13. The van der Waals surface area contributed by atoms with Crippen molar-refractivity contribution < 1.29 is 4.79 Å². The van der Waals surface area contributed by atoms with Gasteiger partial charge in [0.2, 0.25) is 5.91 Å². The highest BCUT2D eigenvalue weighted by molar-refractivity contribution is 5.76. The normalized spacial score (nSPS) is 15.5. The van der Waals surface area contributed by atoms with E-state index in [1.165, 1.54) is 27.8 Å². The summed E-state index contributed by atoms with van der Waals surface area (Å²) in [4.78, 5) is 17.2. The Morgan fingerprint density at radius 1 is 1.00 bits per heavy atom. The van der Waals surface area contributed by atoms with E-state index >= 15 is 0 Å². The van der Waals surface area contributed by atoms with E-state index in [1.807, 2.05) is 0 Å². The third-order valence-corrected chi connectivity index (χ3v) is 5.60. The van der Waals surface area contributed by atoms with Gasteiger partial charge >= 0.3 is 0 Å². The molecule has 0 aromatic heterocycles. The summed E-state index contributed by atoms with van der Waals surface area (Å²) in [5.74, 6) is 0.115. The monoisotopic (exact) mass is 379 g/mol. The van der Waals surface area contributed by atoms with Crippen LogP contribution in [0.5, 0.6) is 0 Å². The number of piperazine rings is 1. The summed E-state index contributed by atoms with van der Waals surface area (Å²) in [5.41, 5.74) is 6.29. The van der Waals surface area contributed by atoms with Crippen molar-refractivity contribution in [1.29, 1.82) is 0 Å². The van der Waals surface area contributed by atoms with Gasteiger partial charge in [-0.3, -0.25) is 9.69 Å². The average molecular weight is 380 g/mol. The molecular formula is C24H33N3O. The molecule has 1 amide bonds. The maximum atomic E-state index is 12.3. The van der Waals surface area contributed by atoms with Crippen molar-refractivity contribution in [1.82, 2.24) is 15.1 Å². The highest BCUT2D eigenvalue weighted by Gasteiger charge is 2.14. The first kappa shape index (κ1) is 20.6. The average Bonchev–Trinajstić information content (AvgIpc) is 2.68. The van der Waals surface area contributed by atoms with Crippen LogP contribution in [0.15, 0.2) is 42.5 Å². The number of benzene rings is 2. The van der Waals surface area contributed by atoms with Crippen LogP contribution in [0.1, 0.15) is 34.2 Å². The summed E-state index contributed by atoms with van der Waals surface area (Å²) >= 11 is 0. The van der Waals surface area contributed by atoms with Crippen molar-refractivity contribution in [3.63, 3.8) is 0 Å². The SMILES string of the molecule is Cc1ccc(CCC(=O)NCc2cccc(CN3CCN(C)CC3)c2)c(C)c1. The second-order valence-corrected chi connectivity index (χ2v) is 8.11. The zero-order chi connectivity index (χ0) is 19.9. The zero-order valence-electron chi connectivity index (χ0n) is 17.5. The van der Waals surface area contributed by atoms with E-state index in [2.05, 4.69) is 78.5 Å². The lowest BCUT2D eigenvalue weighted by atomic mass is 10.0. The second-order valence-electron chi connectivity index (χ2n) is 8.11. The molecule has 1 heterocycles. The number of nitrogens with zero attached hydrogens (tertiary/aromatic N) is 2. The Bertz CT molecular complexity index is 794. The number of rotatable bonds is 7. The van der Waals surface area contributed by atoms with Gasteiger partial charge in [-0.15, -0.1) is 0 Å². The molecule has 0 spiro atoms. The number of carbonyl (C=O) groups excluding carboxylic acids is 1. The number of aryl methyl sites for hydroxylation is 3. The molecule has 3 rings (SSSR count). The van der Waals surface area contributed by atoms with Crippen LogP contribution in [0.3, 0.4) is 0 Å². The van der Waals surface area contributed by atoms with Gasteiger partial charge in [0.15, 0.2) is 0 Å². The Hall–Kier alpha value is -2.17. The van der Waals surface area contributed by atoms with Crippen molar-refractivity contribution in [3.05, 3.63) is 70.3 Å². The Labute approximate surface area is 169 Å². The Balaban J connectivity index is 1.45. The predicted molar refractivity (Wildman–Crippen MR) is 115 cm³/mol. The molecule has 4 nitrogen and oxygen atoms in total. The third-order valence-electron chi connectivity index (χ3n) is 5.60. The number of likely N-dealkylation sites (N-methyl/N-ethyl adjacent to an activating group) is 1. The van der Waals surface area contributed by atoms with Crippen molar-refractivity contribution >= 4 is 5.91 Å². The van der Waals surface area contributed by atoms with Crippen molar-refractivity contribution in [2.45, 2.75) is 39.8 Å². The first-order valence-electron chi connectivity index (χ1n) is 10.3. The van der Waals surface area contributed by atoms with E-state index in [0.29, 0.717) is 13.0 Å². The van der Waals surface area contributed by atoms with Gasteiger partial charge in [0.25, 0.3) is 0 Å². The maximum Gasteiger partial charge on any atom is 0.220 e. The fourth-order valence-corrected chi connectivity index (χ4v) is 3.77. The Kier molecular flexibility index (Phi) is 7.24. The fraction of sp³-hybridized carbons (Fsp3) is 0.458. The van der Waals surface area contributed by atoms with E-state index in [9.17, 15) is 4.79 Å². The number of hydrogen-bond donors (Lipinski definition) is 1. The standard InChI is InChI=1S/C24H33N3O/c1-19-7-8-23(20(2)15-19)9-10-24(28)25-17-21-5-4-6-22(16-21)18-27-13-11-26(3)12-14-27/h4-8,15-16H,9-14,17-18H2,1-3H3,(H,25,28). The molecule has 0 radical (unpaired) electrons. The molecule has 2 aromatic rings. The summed E-state index contributed by atoms with van der Waals surface area (Å²) in [6.07, 6.45) is 1.33. The minimum atomic E-state index is 0.115. The van der Waals surface area contributed by atoms with Gasteiger partial charge in [0.1, 0.15) is 0 Å². The topological polar surface area (TPSA) is 35.6 Å². The molecule has 0 unspecified atom stereocenters. The van der Waals surface area contributed by atoms with E-state index < -0.39 is 0 Å². The Morgan fingerprint density at radius 3 is 2.50 bits per heavy atom. The molecule has 1 N–H and O–H groups in total. The van der Waals surface area contributed by atoms with Gasteiger partial charge in [-0.05, 0) is 49.6 Å². The first-order chi connectivity index (χ1) is 13.5. The van der Waals surface area contributed by atoms with Gasteiger partial charge in [0.05, 0.1) is 0 Å². The smallest absolute Gasteiger partial charge is 0.220 e. The van der Waals surface area contributed by atoms with Crippen molar-refractivity contribution in [3.8, 4) is 0 Å². The van der Waals surface area contributed by atoms with Crippen LogP contribution < -0.4 is 5.32 Å². The molecular weight excluding hydrogens is 346 g/mol. The highest BCUT2D eigenvalue weighted by atomic mass is 16.1. The van der Waals surface area contributed by atoms with Gasteiger partial charge < -0.3 is 10.2 Å². The van der Waals surface area contributed by atoms with E-state index in [-0.39, 0.29) is 5.91 Å². The Morgan fingerprint density at radius 2 is 1.75 bits per heavy atom. The van der Waals surface area contributed by atoms with Gasteiger partial charge in [0, 0.05) is 45.7 Å². The third kappa shape index (κ3) is 6.18. The van der Waals surface area contributed by atoms with Crippen molar-refractivity contribution in [2.24, 2.45) is 0 Å². The maximum absolute atomic E-state index is 12.3. The van der Waals surface area contributed by atoms with Gasteiger partial charge in [-0.1, -0.05) is 48.0 Å². The van der Waals surface area contributed by atoms with Crippen LogP contribution in [0.25, 0.3) is 0 Å². The van der Waals surface area contributed by atoms with Gasteiger partial charge in [-0.25, -0.2) is 0 Å². The van der Waals surface area contributed by atoms with E-state index in [1.54, 1.807) is 0 Å². The van der Waals surface area contributed by atoms with Crippen LogP contribution in [-0.2, 0) is 24.3 Å². The molecule has 1 aliphatic rings. The van der Waals surface area contributed by atoms with Crippen molar-refractivity contribution in [2.75, 3.05) is 33.2 Å². The van der Waals surface area contributed by atoms with Crippen LogP contribution >= 0.6 is 0 Å². The lowest BCUT2D eigenvalue weighted by Crippen LogP contribution is -2.43. The first-order valence-corrected chi connectivity index (χ1v) is 10.3. The summed E-state index contributed by atoms with van der Waals surface area (Å²) in [5, 5.41) is 3.08. The minimum absolute atomic E-state index is 0.115. The van der Waals surface area contributed by atoms with Crippen LogP contribution in [0.2, 0.25) is 0 Å². The molecule has 0 bridgehead atoms. The lowest BCUT2D eigenvalue weighted by molar-refractivity contribution is -0.121. The van der Waals surface area contributed by atoms with Gasteiger partial charge in [-0.2, -0.15) is 0 Å². The molecule has 0 atom stereocenters. The largest absolute Gasteiger partial charge is 0.352 e. The summed E-state index contributed by atoms with van der Waals surface area (Å²) in [7, 11) is 2.18. The molecule has 1 fully saturated rings. The predicted octanol–water partition coefficient (Wildman–Crippen LogP) is 3.30. The molecule has 1 aliphatic heterocycles. The molecule has 1 saturated heterocycles. The zero-order valence-corrected chi connectivity index (χ0v) is 17.5. The molecule has 4 heteroatoms. The molecule has 28 heavy (non-hydrogen) atoms. The number of amides is 1. The molecule has 0 saturated carbocycles. The summed E-state index contributed by atoms with van der Waals surface area (Å²) in [6.45, 7) is 10.3. The molecule has 0 aliphatic carbocycles. The second kappa shape index (κ2) is 9.85. The summed E-state index contributed by atoms with van der Waals surface area (Å²) in [6, 6.07) is 15.0. The minimum Gasteiger partial charge on any atom is -0.352 e. The number of hydrogen-bond acceptors (Lipinski definition) is 3. The summed E-state index contributed by atoms with van der Waals surface area (Å²) < 4.78 is 0. The van der Waals surface area contributed by atoms with E-state index in [4.69, 9.17) is 0 Å². The quantitative estimate of drug-likeness (QED) is 0.802. The van der Waals surface area contributed by atoms with Crippen LogP contribution in [0.4, 0.5) is 0 Å².